The normalized spacial score (nSPS) is 14.0. The largest absolute Gasteiger partial charge is 0.482 e. The highest BCUT2D eigenvalue weighted by Crippen LogP contribution is 2.37. The van der Waals surface area contributed by atoms with Crippen LogP contribution in [0.5, 0.6) is 5.75 Å². The number of aromatic nitrogens is 2. The number of ether oxygens (including phenoxy) is 1. The lowest BCUT2D eigenvalue weighted by Gasteiger charge is -2.28. The average molecular weight is 327 g/mol. The smallest absolute Gasteiger partial charge is 0.265 e. The Bertz CT molecular complexity index is 928. The SMILES string of the molecule is CCN1C(=O)COc2ccc(-c3csc4ncc(C=O)n34)cc21. The van der Waals surface area contributed by atoms with E-state index in [1.807, 2.05) is 34.9 Å². The highest BCUT2D eigenvalue weighted by Gasteiger charge is 2.25. The summed E-state index contributed by atoms with van der Waals surface area (Å²) in [6, 6.07) is 5.71. The number of nitrogens with zero attached hydrogens (tertiary/aromatic N) is 3. The number of amides is 1. The molecule has 2 aromatic heterocycles. The summed E-state index contributed by atoms with van der Waals surface area (Å²) >= 11 is 1.47. The molecule has 0 saturated carbocycles. The lowest BCUT2D eigenvalue weighted by atomic mass is 10.1. The van der Waals surface area contributed by atoms with Crippen molar-refractivity contribution < 1.29 is 14.3 Å². The van der Waals surface area contributed by atoms with Crippen molar-refractivity contribution in [2.45, 2.75) is 6.92 Å². The van der Waals surface area contributed by atoms with Gasteiger partial charge >= 0.3 is 0 Å². The second-order valence-electron chi connectivity index (χ2n) is 5.15. The first-order valence-electron chi connectivity index (χ1n) is 7.20. The van der Waals surface area contributed by atoms with Crippen LogP contribution >= 0.6 is 11.3 Å². The van der Waals surface area contributed by atoms with Crippen LogP contribution in [0.2, 0.25) is 0 Å². The molecule has 1 amide bonds. The lowest BCUT2D eigenvalue weighted by molar-refractivity contribution is -0.121. The molecule has 3 aromatic rings. The molecule has 0 unspecified atom stereocenters. The number of thiazole rings is 1. The first-order chi connectivity index (χ1) is 11.2. The fourth-order valence-corrected chi connectivity index (χ4v) is 3.70. The Morgan fingerprint density at radius 3 is 3.09 bits per heavy atom. The van der Waals surface area contributed by atoms with Crippen molar-refractivity contribution in [1.82, 2.24) is 9.38 Å². The quantitative estimate of drug-likeness (QED) is 0.694. The van der Waals surface area contributed by atoms with Crippen molar-refractivity contribution in [2.24, 2.45) is 0 Å². The fourth-order valence-electron chi connectivity index (χ4n) is 2.82. The van der Waals surface area contributed by atoms with Crippen molar-refractivity contribution in [3.8, 4) is 17.0 Å². The second kappa shape index (κ2) is 5.20. The van der Waals surface area contributed by atoms with Gasteiger partial charge in [0, 0.05) is 17.5 Å². The van der Waals surface area contributed by atoms with E-state index in [4.69, 9.17) is 4.74 Å². The molecule has 0 fully saturated rings. The number of carbonyl (C=O) groups excluding carboxylic acids is 2. The van der Waals surface area contributed by atoms with Gasteiger partial charge in [0.05, 0.1) is 17.6 Å². The summed E-state index contributed by atoms with van der Waals surface area (Å²) in [5.74, 6) is 0.645. The summed E-state index contributed by atoms with van der Waals surface area (Å²) in [5.41, 5.74) is 3.05. The molecule has 3 heterocycles. The Labute approximate surface area is 135 Å². The molecule has 1 aliphatic heterocycles. The Morgan fingerprint density at radius 2 is 2.30 bits per heavy atom. The zero-order chi connectivity index (χ0) is 16.0. The van der Waals surface area contributed by atoms with E-state index < -0.39 is 0 Å². The molecule has 4 rings (SSSR count). The van der Waals surface area contributed by atoms with Gasteiger partial charge in [-0.25, -0.2) is 4.98 Å². The summed E-state index contributed by atoms with van der Waals surface area (Å²) in [6.07, 6.45) is 2.35. The molecule has 0 spiro atoms. The molecule has 0 radical (unpaired) electrons. The zero-order valence-corrected chi connectivity index (χ0v) is 13.2. The third-order valence-corrected chi connectivity index (χ3v) is 4.75. The Kier molecular flexibility index (Phi) is 3.16. The Balaban J connectivity index is 1.89. The summed E-state index contributed by atoms with van der Waals surface area (Å²) < 4.78 is 7.31. The number of hydrogen-bond acceptors (Lipinski definition) is 5. The van der Waals surface area contributed by atoms with Gasteiger partial charge in [-0.15, -0.1) is 11.3 Å². The minimum atomic E-state index is -0.0520. The van der Waals surface area contributed by atoms with E-state index in [-0.39, 0.29) is 12.5 Å². The molecule has 0 bridgehead atoms. The number of fused-ring (bicyclic) bond motifs is 2. The molecule has 116 valence electrons. The van der Waals surface area contributed by atoms with Gasteiger partial charge in [-0.2, -0.15) is 0 Å². The third-order valence-electron chi connectivity index (χ3n) is 3.91. The van der Waals surface area contributed by atoms with Gasteiger partial charge in [0.25, 0.3) is 5.91 Å². The van der Waals surface area contributed by atoms with Crippen LogP contribution in [0.25, 0.3) is 16.2 Å². The maximum Gasteiger partial charge on any atom is 0.265 e. The van der Waals surface area contributed by atoms with E-state index >= 15 is 0 Å². The van der Waals surface area contributed by atoms with Gasteiger partial charge in [-0.05, 0) is 25.1 Å². The first-order valence-corrected chi connectivity index (χ1v) is 8.08. The molecule has 7 heteroatoms. The average Bonchev–Trinajstić information content (AvgIpc) is 3.15. The van der Waals surface area contributed by atoms with Crippen LogP contribution in [-0.2, 0) is 4.79 Å². The van der Waals surface area contributed by atoms with Crippen LogP contribution in [0.4, 0.5) is 5.69 Å². The number of carbonyl (C=O) groups is 2. The number of anilines is 1. The molecule has 0 aliphatic carbocycles. The molecule has 6 nitrogen and oxygen atoms in total. The standard InChI is InChI=1S/C16H13N3O3S/c1-2-18-12-5-10(3-4-14(12)22-8-15(18)21)13-9-23-16-17-6-11(7-20)19(13)16/h3-7,9H,2,8H2,1H3. The number of hydrogen-bond donors (Lipinski definition) is 0. The number of aldehydes is 1. The second-order valence-corrected chi connectivity index (χ2v) is 5.99. The highest BCUT2D eigenvalue weighted by molar-refractivity contribution is 7.15. The van der Waals surface area contributed by atoms with Crippen molar-refractivity contribution in [3.63, 3.8) is 0 Å². The number of benzene rings is 1. The number of imidazole rings is 1. The topological polar surface area (TPSA) is 63.9 Å². The highest BCUT2D eigenvalue weighted by atomic mass is 32.1. The number of likely N-dealkylation sites (N-methyl/N-ethyl adjacent to an activating group) is 1. The summed E-state index contributed by atoms with van der Waals surface area (Å²) in [6.45, 7) is 2.59. The van der Waals surface area contributed by atoms with Gasteiger partial charge in [0.1, 0.15) is 11.4 Å². The number of rotatable bonds is 3. The van der Waals surface area contributed by atoms with Crippen LogP contribution in [0, 0.1) is 0 Å². The predicted molar refractivity (Wildman–Crippen MR) is 87.4 cm³/mol. The first kappa shape index (κ1) is 14.0. The van der Waals surface area contributed by atoms with Gasteiger partial charge in [0.15, 0.2) is 17.9 Å². The predicted octanol–water partition coefficient (Wildman–Crippen LogP) is 2.62. The molecule has 0 N–H and O–H groups in total. The molecular weight excluding hydrogens is 314 g/mol. The van der Waals surface area contributed by atoms with Crippen LogP contribution in [-0.4, -0.2) is 34.7 Å². The Morgan fingerprint density at radius 1 is 1.43 bits per heavy atom. The van der Waals surface area contributed by atoms with Gasteiger partial charge in [-0.1, -0.05) is 0 Å². The van der Waals surface area contributed by atoms with Crippen LogP contribution < -0.4 is 9.64 Å². The monoisotopic (exact) mass is 327 g/mol. The molecule has 1 aromatic carbocycles. The summed E-state index contributed by atoms with van der Waals surface area (Å²) in [5, 5.41) is 1.96. The van der Waals surface area contributed by atoms with Gasteiger partial charge in [0.2, 0.25) is 0 Å². The minimum absolute atomic E-state index is 0.0520. The third kappa shape index (κ3) is 2.04. The van der Waals surface area contributed by atoms with E-state index in [0.29, 0.717) is 18.0 Å². The molecule has 23 heavy (non-hydrogen) atoms. The van der Waals surface area contributed by atoms with Crippen LogP contribution in [0.1, 0.15) is 17.4 Å². The Hall–Kier alpha value is -2.67. The van der Waals surface area contributed by atoms with Gasteiger partial charge < -0.3 is 9.64 Å². The van der Waals surface area contributed by atoms with Crippen molar-refractivity contribution in [1.29, 1.82) is 0 Å². The van der Waals surface area contributed by atoms with Crippen molar-refractivity contribution in [2.75, 3.05) is 18.1 Å². The zero-order valence-electron chi connectivity index (χ0n) is 12.4. The maximum absolute atomic E-state index is 12.0. The molecule has 0 saturated heterocycles. The molecule has 1 aliphatic rings. The molecule has 0 atom stereocenters. The van der Waals surface area contributed by atoms with E-state index in [1.54, 1.807) is 11.1 Å². The fraction of sp³-hybridized carbons (Fsp3) is 0.188. The van der Waals surface area contributed by atoms with E-state index in [2.05, 4.69) is 4.98 Å². The van der Waals surface area contributed by atoms with Crippen LogP contribution in [0.3, 0.4) is 0 Å². The maximum atomic E-state index is 12.0. The van der Waals surface area contributed by atoms with E-state index in [1.165, 1.54) is 11.3 Å². The summed E-state index contributed by atoms with van der Waals surface area (Å²) in [4.78, 5) is 29.9. The lowest BCUT2D eigenvalue weighted by Crippen LogP contribution is -2.38. The van der Waals surface area contributed by atoms with E-state index in [9.17, 15) is 9.59 Å². The van der Waals surface area contributed by atoms with E-state index in [0.717, 1.165) is 28.2 Å². The van der Waals surface area contributed by atoms with Crippen molar-refractivity contribution in [3.05, 3.63) is 35.5 Å². The van der Waals surface area contributed by atoms with Crippen LogP contribution in [0.15, 0.2) is 29.8 Å². The summed E-state index contributed by atoms with van der Waals surface area (Å²) in [7, 11) is 0. The van der Waals surface area contributed by atoms with Crippen molar-refractivity contribution >= 4 is 34.2 Å². The minimum Gasteiger partial charge on any atom is -0.482 e. The van der Waals surface area contributed by atoms with Gasteiger partial charge in [-0.3, -0.25) is 14.0 Å². The molecular formula is C16H13N3O3S.